The van der Waals surface area contributed by atoms with Crippen LogP contribution in [-0.2, 0) is 29.1 Å². The average Bonchev–Trinajstić information content (AvgIpc) is 2.95. The zero-order chi connectivity index (χ0) is 18.1. The van der Waals surface area contributed by atoms with Gasteiger partial charge in [-0.3, -0.25) is 20.1 Å². The van der Waals surface area contributed by atoms with E-state index in [-0.39, 0.29) is 24.7 Å². The van der Waals surface area contributed by atoms with E-state index in [1.807, 2.05) is 36.4 Å². The van der Waals surface area contributed by atoms with E-state index in [1.54, 1.807) is 0 Å². The van der Waals surface area contributed by atoms with Crippen molar-refractivity contribution in [1.82, 2.24) is 10.3 Å². The average molecular weight is 349 g/mol. The molecule has 0 aliphatic carbocycles. The van der Waals surface area contributed by atoms with Gasteiger partial charge in [0, 0.05) is 24.1 Å². The molecule has 1 aromatic carbocycles. The minimum atomic E-state index is -0.524. The Labute approximate surface area is 151 Å². The van der Waals surface area contributed by atoms with Gasteiger partial charge in [0.05, 0.1) is 12.2 Å². The van der Waals surface area contributed by atoms with Crippen molar-refractivity contribution in [2.24, 2.45) is 4.99 Å². The normalized spacial score (nSPS) is 16.0. The second-order valence-corrected chi connectivity index (χ2v) is 6.69. The van der Waals surface area contributed by atoms with Crippen molar-refractivity contribution in [3.63, 3.8) is 0 Å². The van der Waals surface area contributed by atoms with Crippen LogP contribution >= 0.6 is 0 Å². The van der Waals surface area contributed by atoms with E-state index in [2.05, 4.69) is 22.2 Å². The number of amidine groups is 1. The summed E-state index contributed by atoms with van der Waals surface area (Å²) in [6.07, 6.45) is 0.216. The molecule has 26 heavy (non-hydrogen) atoms. The summed E-state index contributed by atoms with van der Waals surface area (Å²) in [5.41, 5.74) is 4.35. The molecule has 1 atom stereocenters. The maximum atomic E-state index is 12.5. The number of hydrogen-bond acceptors (Lipinski definition) is 5. The molecule has 3 heterocycles. The lowest BCUT2D eigenvalue weighted by atomic mass is 9.94. The molecular formula is C20H19N3O3. The van der Waals surface area contributed by atoms with Gasteiger partial charge < -0.3 is 4.74 Å². The van der Waals surface area contributed by atoms with Gasteiger partial charge in [0.2, 0.25) is 0 Å². The van der Waals surface area contributed by atoms with Gasteiger partial charge in [0.25, 0.3) is 0 Å². The summed E-state index contributed by atoms with van der Waals surface area (Å²) in [5.74, 6) is 0.823. The lowest BCUT2D eigenvalue weighted by Crippen LogP contribution is -2.28. The van der Waals surface area contributed by atoms with Crippen molar-refractivity contribution in [3.05, 3.63) is 64.5 Å². The molecule has 1 amide bonds. The number of Topliss-reactive ketones (excluding diaryl/α,β-unsaturated/α-hetero) is 1. The summed E-state index contributed by atoms with van der Waals surface area (Å²) in [6, 6.07) is 11.9. The molecule has 2 aromatic rings. The summed E-state index contributed by atoms with van der Waals surface area (Å²) < 4.78 is 5.09. The summed E-state index contributed by atoms with van der Waals surface area (Å²) in [6.45, 7) is 2.64. The number of carbonyl (C=O) groups excluding carboxylic acids is 2. The number of nitrogens with one attached hydrogen (secondary N) is 1. The van der Waals surface area contributed by atoms with Crippen LogP contribution < -0.4 is 5.32 Å². The van der Waals surface area contributed by atoms with Crippen LogP contribution in [0.2, 0.25) is 0 Å². The molecule has 0 unspecified atom stereocenters. The van der Waals surface area contributed by atoms with Crippen molar-refractivity contribution >= 4 is 17.7 Å². The molecule has 0 bridgehead atoms. The lowest BCUT2D eigenvalue weighted by Gasteiger charge is -2.12. The maximum absolute atomic E-state index is 12.5. The topological polar surface area (TPSA) is 80.6 Å². The predicted octanol–water partition coefficient (Wildman–Crippen LogP) is 2.89. The third kappa shape index (κ3) is 3.22. The van der Waals surface area contributed by atoms with E-state index in [0.717, 1.165) is 16.7 Å². The number of hydrogen-bond donors (Lipinski definition) is 1. The van der Waals surface area contributed by atoms with E-state index < -0.39 is 6.09 Å². The molecule has 0 fully saturated rings. The summed E-state index contributed by atoms with van der Waals surface area (Å²) in [5, 5.41) is 2.62. The largest absolute Gasteiger partial charge is 0.443 e. The summed E-state index contributed by atoms with van der Waals surface area (Å²) >= 11 is 0. The number of nitrogens with zero attached hydrogens (tertiary/aromatic N) is 2. The maximum Gasteiger partial charge on any atom is 0.413 e. The lowest BCUT2D eigenvalue weighted by molar-refractivity contribution is -0.118. The standard InChI is InChI=1S/C20H19N3O3/c1-12(13-5-3-2-4-6-13)7-16(24)9-15-8-14-10-21-19-18(14)17(22-15)11-26-20(25)23-19/h2-6,8,12H,7,9-11H2,1H3,(H,21,23,25)/t12-/m0/s1. The van der Waals surface area contributed by atoms with Gasteiger partial charge in [-0.15, -0.1) is 0 Å². The first-order valence-corrected chi connectivity index (χ1v) is 8.67. The Balaban J connectivity index is 1.50. The Kier molecular flexibility index (Phi) is 4.24. The highest BCUT2D eigenvalue weighted by Gasteiger charge is 2.27. The van der Waals surface area contributed by atoms with Gasteiger partial charge in [-0.05, 0) is 23.1 Å². The van der Waals surface area contributed by atoms with Gasteiger partial charge in [-0.25, -0.2) is 4.79 Å². The first-order valence-electron chi connectivity index (χ1n) is 8.67. The van der Waals surface area contributed by atoms with Crippen molar-refractivity contribution < 1.29 is 14.3 Å². The number of amides is 1. The Bertz CT molecular complexity index is 906. The monoisotopic (exact) mass is 349 g/mol. The number of rotatable bonds is 5. The first kappa shape index (κ1) is 16.4. The Morgan fingerprint density at radius 3 is 2.92 bits per heavy atom. The Morgan fingerprint density at radius 2 is 2.12 bits per heavy atom. The number of ketones is 1. The zero-order valence-electron chi connectivity index (χ0n) is 14.5. The van der Waals surface area contributed by atoms with E-state index in [0.29, 0.717) is 30.2 Å². The second-order valence-electron chi connectivity index (χ2n) is 6.69. The highest BCUT2D eigenvalue weighted by Crippen LogP contribution is 2.25. The Hall–Kier alpha value is -3.02. The van der Waals surface area contributed by atoms with Crippen molar-refractivity contribution in [2.45, 2.75) is 38.8 Å². The van der Waals surface area contributed by atoms with Crippen LogP contribution in [-0.4, -0.2) is 22.7 Å². The quantitative estimate of drug-likeness (QED) is 0.900. The molecule has 4 rings (SSSR count). The molecule has 0 radical (unpaired) electrons. The molecule has 0 saturated heterocycles. The number of aliphatic imine (C=N–C) groups is 1. The molecule has 0 saturated carbocycles. The van der Waals surface area contributed by atoms with E-state index in [4.69, 9.17) is 4.74 Å². The molecule has 2 aliphatic rings. The number of ether oxygens (including phenoxy) is 1. The highest BCUT2D eigenvalue weighted by molar-refractivity contribution is 6.10. The minimum Gasteiger partial charge on any atom is -0.443 e. The number of pyridine rings is 1. The van der Waals surface area contributed by atoms with Crippen molar-refractivity contribution in [2.75, 3.05) is 0 Å². The van der Waals surface area contributed by atoms with Crippen LogP contribution in [0, 0.1) is 0 Å². The predicted molar refractivity (Wildman–Crippen MR) is 96.0 cm³/mol. The van der Waals surface area contributed by atoms with Crippen LogP contribution in [0.15, 0.2) is 41.4 Å². The fourth-order valence-corrected chi connectivity index (χ4v) is 3.46. The third-order valence-corrected chi connectivity index (χ3v) is 4.71. The number of benzene rings is 1. The Morgan fingerprint density at radius 1 is 1.31 bits per heavy atom. The fourth-order valence-electron chi connectivity index (χ4n) is 3.46. The zero-order valence-corrected chi connectivity index (χ0v) is 14.5. The summed E-state index contributed by atoms with van der Waals surface area (Å²) in [7, 11) is 0. The van der Waals surface area contributed by atoms with Crippen molar-refractivity contribution in [1.29, 1.82) is 0 Å². The molecule has 132 valence electrons. The third-order valence-electron chi connectivity index (χ3n) is 4.71. The van der Waals surface area contributed by atoms with E-state index in [9.17, 15) is 9.59 Å². The molecule has 0 spiro atoms. The number of alkyl carbamates (subject to hydrolysis) is 1. The fraction of sp³-hybridized carbons (Fsp3) is 0.300. The number of aromatic nitrogens is 1. The second kappa shape index (κ2) is 6.71. The van der Waals surface area contributed by atoms with Gasteiger partial charge in [-0.2, -0.15) is 0 Å². The van der Waals surface area contributed by atoms with Gasteiger partial charge in [0.1, 0.15) is 18.2 Å². The summed E-state index contributed by atoms with van der Waals surface area (Å²) in [4.78, 5) is 33.0. The molecule has 1 N–H and O–H groups in total. The number of carbonyl (C=O) groups is 2. The number of cyclic esters (lactones) is 1. The van der Waals surface area contributed by atoms with Crippen LogP contribution in [0.5, 0.6) is 0 Å². The van der Waals surface area contributed by atoms with E-state index in [1.165, 1.54) is 0 Å². The minimum absolute atomic E-state index is 0.0929. The molecule has 2 aliphatic heterocycles. The molecular weight excluding hydrogens is 330 g/mol. The van der Waals surface area contributed by atoms with Gasteiger partial charge in [-0.1, -0.05) is 37.3 Å². The van der Waals surface area contributed by atoms with E-state index >= 15 is 0 Å². The SMILES string of the molecule is C[C@@H](CC(=O)Cc1cc2c3c(n1)COC(=O)NC3=NC2)c1ccccc1. The molecule has 6 nitrogen and oxygen atoms in total. The van der Waals surface area contributed by atoms with Gasteiger partial charge >= 0.3 is 6.09 Å². The smallest absolute Gasteiger partial charge is 0.413 e. The molecule has 6 heteroatoms. The molecule has 1 aromatic heterocycles. The van der Waals surface area contributed by atoms with Crippen LogP contribution in [0.4, 0.5) is 4.79 Å². The van der Waals surface area contributed by atoms with Crippen molar-refractivity contribution in [3.8, 4) is 0 Å². The van der Waals surface area contributed by atoms with Crippen LogP contribution in [0.1, 0.15) is 47.3 Å². The highest BCUT2D eigenvalue weighted by atomic mass is 16.5. The van der Waals surface area contributed by atoms with Gasteiger partial charge in [0.15, 0.2) is 0 Å². The van der Waals surface area contributed by atoms with Crippen LogP contribution in [0.3, 0.4) is 0 Å². The van der Waals surface area contributed by atoms with Crippen LogP contribution in [0.25, 0.3) is 0 Å². The first-order chi connectivity index (χ1) is 12.6.